The predicted molar refractivity (Wildman–Crippen MR) is 89.2 cm³/mol. The highest BCUT2D eigenvalue weighted by Gasteiger charge is 2.27. The highest BCUT2D eigenvalue weighted by molar-refractivity contribution is 5.97. The van der Waals surface area contributed by atoms with Gasteiger partial charge in [0.1, 0.15) is 0 Å². The van der Waals surface area contributed by atoms with E-state index < -0.39 is 5.54 Å². The van der Waals surface area contributed by atoms with Crippen LogP contribution in [0.25, 0.3) is 0 Å². The molecule has 1 aromatic carbocycles. The molecule has 0 saturated carbocycles. The molecule has 1 rings (SSSR count). The van der Waals surface area contributed by atoms with Gasteiger partial charge in [-0.2, -0.15) is 0 Å². The SMILES string of the molecule is CCCC(C)(N)C(=O)Nc1cccc(CN(CC)CC)c1. The molecule has 0 aliphatic heterocycles. The van der Waals surface area contributed by atoms with Crippen LogP contribution in [0.3, 0.4) is 0 Å². The van der Waals surface area contributed by atoms with Crippen LogP contribution in [0, 0.1) is 0 Å². The molecule has 0 bridgehead atoms. The summed E-state index contributed by atoms with van der Waals surface area (Å²) in [5.41, 5.74) is 7.26. The second kappa shape index (κ2) is 8.15. The van der Waals surface area contributed by atoms with Crippen molar-refractivity contribution in [2.24, 2.45) is 5.73 Å². The molecule has 0 spiro atoms. The molecule has 3 N–H and O–H groups in total. The molecule has 0 aromatic heterocycles. The predicted octanol–water partition coefficient (Wildman–Crippen LogP) is 2.98. The fourth-order valence-corrected chi connectivity index (χ4v) is 2.36. The Kier molecular flexibility index (Phi) is 6.85. The van der Waals surface area contributed by atoms with E-state index in [2.05, 4.69) is 30.1 Å². The lowest BCUT2D eigenvalue weighted by Crippen LogP contribution is -2.48. The molecule has 0 aliphatic rings. The standard InChI is InChI=1S/C17H29N3O/c1-5-11-17(4,18)16(21)19-15-10-8-9-14(12-15)13-20(6-2)7-3/h8-10,12H,5-7,11,13,18H2,1-4H3,(H,19,21). The van der Waals surface area contributed by atoms with E-state index in [-0.39, 0.29) is 5.91 Å². The Bertz CT molecular complexity index is 453. The fraction of sp³-hybridized carbons (Fsp3) is 0.588. The lowest BCUT2D eigenvalue weighted by molar-refractivity contribution is -0.120. The third kappa shape index (κ3) is 5.48. The van der Waals surface area contributed by atoms with Gasteiger partial charge in [0.2, 0.25) is 5.91 Å². The number of hydrogen-bond donors (Lipinski definition) is 2. The molecule has 118 valence electrons. The number of hydrogen-bond acceptors (Lipinski definition) is 3. The van der Waals surface area contributed by atoms with Gasteiger partial charge in [-0.1, -0.05) is 39.3 Å². The van der Waals surface area contributed by atoms with Crippen molar-refractivity contribution >= 4 is 11.6 Å². The van der Waals surface area contributed by atoms with E-state index in [1.54, 1.807) is 6.92 Å². The number of nitrogens with one attached hydrogen (secondary N) is 1. The van der Waals surface area contributed by atoms with Crippen molar-refractivity contribution in [1.82, 2.24) is 4.90 Å². The summed E-state index contributed by atoms with van der Waals surface area (Å²) in [6, 6.07) is 7.99. The van der Waals surface area contributed by atoms with Crippen LogP contribution in [0.5, 0.6) is 0 Å². The van der Waals surface area contributed by atoms with Gasteiger partial charge >= 0.3 is 0 Å². The van der Waals surface area contributed by atoms with Crippen molar-refractivity contribution in [2.75, 3.05) is 18.4 Å². The van der Waals surface area contributed by atoms with Crippen molar-refractivity contribution in [3.05, 3.63) is 29.8 Å². The summed E-state index contributed by atoms with van der Waals surface area (Å²) < 4.78 is 0. The number of carbonyl (C=O) groups is 1. The second-order valence-electron chi connectivity index (χ2n) is 5.78. The van der Waals surface area contributed by atoms with Crippen molar-refractivity contribution in [3.63, 3.8) is 0 Å². The van der Waals surface area contributed by atoms with Crippen LogP contribution in [-0.4, -0.2) is 29.4 Å². The zero-order valence-corrected chi connectivity index (χ0v) is 13.8. The Morgan fingerprint density at radius 3 is 2.52 bits per heavy atom. The van der Waals surface area contributed by atoms with Crippen LogP contribution in [0.15, 0.2) is 24.3 Å². The van der Waals surface area contributed by atoms with Gasteiger partial charge in [0.15, 0.2) is 0 Å². The van der Waals surface area contributed by atoms with E-state index in [4.69, 9.17) is 5.73 Å². The zero-order chi connectivity index (χ0) is 15.9. The second-order valence-corrected chi connectivity index (χ2v) is 5.78. The lowest BCUT2D eigenvalue weighted by atomic mass is 9.96. The summed E-state index contributed by atoms with van der Waals surface area (Å²) >= 11 is 0. The van der Waals surface area contributed by atoms with Crippen molar-refractivity contribution in [2.45, 2.75) is 52.6 Å². The molecule has 21 heavy (non-hydrogen) atoms. The first-order chi connectivity index (χ1) is 9.92. The Labute approximate surface area is 128 Å². The summed E-state index contributed by atoms with van der Waals surface area (Å²) in [5, 5.41) is 2.93. The summed E-state index contributed by atoms with van der Waals surface area (Å²) in [7, 11) is 0. The topological polar surface area (TPSA) is 58.4 Å². The first-order valence-corrected chi connectivity index (χ1v) is 7.84. The van der Waals surface area contributed by atoms with Crippen LogP contribution >= 0.6 is 0 Å². The molecule has 4 nitrogen and oxygen atoms in total. The fourth-order valence-electron chi connectivity index (χ4n) is 2.36. The molecule has 1 atom stereocenters. The summed E-state index contributed by atoms with van der Waals surface area (Å²) in [6.07, 6.45) is 1.57. The van der Waals surface area contributed by atoms with Gasteiger partial charge in [0, 0.05) is 12.2 Å². The third-order valence-corrected chi connectivity index (χ3v) is 3.77. The van der Waals surface area contributed by atoms with Crippen molar-refractivity contribution < 1.29 is 4.79 Å². The minimum Gasteiger partial charge on any atom is -0.324 e. The minimum atomic E-state index is -0.816. The molecule has 0 aliphatic carbocycles. The van der Waals surface area contributed by atoms with E-state index in [9.17, 15) is 4.79 Å². The smallest absolute Gasteiger partial charge is 0.244 e. The van der Waals surface area contributed by atoms with Gasteiger partial charge in [0.25, 0.3) is 0 Å². The number of anilines is 1. The van der Waals surface area contributed by atoms with Gasteiger partial charge in [-0.25, -0.2) is 0 Å². The molecule has 0 radical (unpaired) electrons. The van der Waals surface area contributed by atoms with Gasteiger partial charge in [-0.3, -0.25) is 9.69 Å². The Balaban J connectivity index is 2.74. The number of rotatable bonds is 8. The highest BCUT2D eigenvalue weighted by Crippen LogP contribution is 2.16. The minimum absolute atomic E-state index is 0.121. The molecule has 1 unspecified atom stereocenters. The first-order valence-electron chi connectivity index (χ1n) is 7.84. The summed E-state index contributed by atoms with van der Waals surface area (Å²) in [5.74, 6) is -0.121. The number of amides is 1. The third-order valence-electron chi connectivity index (χ3n) is 3.77. The Morgan fingerprint density at radius 1 is 1.29 bits per heavy atom. The molecule has 0 heterocycles. The quantitative estimate of drug-likeness (QED) is 0.774. The average Bonchev–Trinajstić information content (AvgIpc) is 2.45. The molecule has 1 aromatic rings. The number of nitrogens with two attached hydrogens (primary N) is 1. The lowest BCUT2D eigenvalue weighted by Gasteiger charge is -2.23. The van der Waals surface area contributed by atoms with Gasteiger partial charge in [-0.05, 0) is 44.1 Å². The average molecular weight is 291 g/mol. The van der Waals surface area contributed by atoms with E-state index >= 15 is 0 Å². The van der Waals surface area contributed by atoms with Crippen molar-refractivity contribution in [3.8, 4) is 0 Å². The van der Waals surface area contributed by atoms with Crippen LogP contribution in [-0.2, 0) is 11.3 Å². The maximum absolute atomic E-state index is 12.2. The maximum atomic E-state index is 12.2. The number of benzene rings is 1. The molecule has 1 amide bonds. The highest BCUT2D eigenvalue weighted by atomic mass is 16.2. The van der Waals surface area contributed by atoms with Crippen LogP contribution < -0.4 is 11.1 Å². The maximum Gasteiger partial charge on any atom is 0.244 e. The van der Waals surface area contributed by atoms with Gasteiger partial charge in [0.05, 0.1) is 5.54 Å². The van der Waals surface area contributed by atoms with Crippen LogP contribution in [0.4, 0.5) is 5.69 Å². The normalized spacial score (nSPS) is 14.0. The molecule has 0 saturated heterocycles. The van der Waals surface area contributed by atoms with Crippen molar-refractivity contribution in [1.29, 1.82) is 0 Å². The molecular weight excluding hydrogens is 262 g/mol. The van der Waals surface area contributed by atoms with Gasteiger partial charge in [-0.15, -0.1) is 0 Å². The molecule has 4 heteroatoms. The largest absolute Gasteiger partial charge is 0.324 e. The molecular formula is C17H29N3O. The Hall–Kier alpha value is -1.39. The Morgan fingerprint density at radius 2 is 1.95 bits per heavy atom. The van der Waals surface area contributed by atoms with E-state index in [1.165, 1.54) is 5.56 Å². The van der Waals surface area contributed by atoms with E-state index in [1.807, 2.05) is 25.1 Å². The van der Waals surface area contributed by atoms with Crippen LogP contribution in [0.2, 0.25) is 0 Å². The van der Waals surface area contributed by atoms with Gasteiger partial charge < -0.3 is 11.1 Å². The monoisotopic (exact) mass is 291 g/mol. The number of carbonyl (C=O) groups excluding carboxylic acids is 1. The van der Waals surface area contributed by atoms with E-state index in [0.717, 1.165) is 31.7 Å². The van der Waals surface area contributed by atoms with E-state index in [0.29, 0.717) is 6.42 Å². The molecule has 0 fully saturated rings. The zero-order valence-electron chi connectivity index (χ0n) is 13.8. The van der Waals surface area contributed by atoms with Crippen LogP contribution in [0.1, 0.15) is 46.1 Å². The summed E-state index contributed by atoms with van der Waals surface area (Å²) in [6.45, 7) is 11.1. The first kappa shape index (κ1) is 17.7. The summed E-state index contributed by atoms with van der Waals surface area (Å²) in [4.78, 5) is 14.6. The number of nitrogens with zero attached hydrogens (tertiary/aromatic N) is 1.